The molecule has 0 amide bonds. The minimum atomic E-state index is -4.92. The van der Waals surface area contributed by atoms with Crippen molar-refractivity contribution in [3.63, 3.8) is 0 Å². The number of halogens is 3. The van der Waals surface area contributed by atoms with Gasteiger partial charge in [-0.05, 0) is 96.6 Å². The Kier molecular flexibility index (Phi) is 17.5. The minimum Gasteiger partial charge on any atom is -0.358 e. The van der Waals surface area contributed by atoms with Gasteiger partial charge in [-0.25, -0.2) is 0 Å². The summed E-state index contributed by atoms with van der Waals surface area (Å²) in [4.78, 5) is -0.292. The summed E-state index contributed by atoms with van der Waals surface area (Å²) in [6.07, 6.45) is 2.87. The molecule has 47 heavy (non-hydrogen) atoms. The van der Waals surface area contributed by atoms with Crippen molar-refractivity contribution in [2.45, 2.75) is 72.2 Å². The number of hydrogen-bond acceptors (Lipinski definition) is 9. The molecule has 264 valence electrons. The lowest BCUT2D eigenvalue weighted by atomic mass is 10.0. The van der Waals surface area contributed by atoms with Crippen molar-refractivity contribution in [2.75, 3.05) is 6.54 Å². The van der Waals surface area contributed by atoms with E-state index in [0.717, 1.165) is 42.5 Å². The van der Waals surface area contributed by atoms with E-state index < -0.39 is 31.2 Å². The van der Waals surface area contributed by atoms with Crippen LogP contribution in [0.25, 0.3) is 0 Å². The second-order valence-electron chi connectivity index (χ2n) is 11.9. The third-order valence-electron chi connectivity index (χ3n) is 5.98. The highest BCUT2D eigenvalue weighted by Crippen LogP contribution is 2.18. The first-order valence-corrected chi connectivity index (χ1v) is 18.8. The Hall–Kier alpha value is -3.14. The summed E-state index contributed by atoms with van der Waals surface area (Å²) >= 11 is 0. The van der Waals surface area contributed by atoms with Crippen molar-refractivity contribution < 1.29 is 45.3 Å². The summed E-state index contributed by atoms with van der Waals surface area (Å²) in [7, 11) is -14.4. The van der Waals surface area contributed by atoms with Gasteiger partial charge in [0, 0.05) is 6.54 Å². The number of nitrogens with one attached hydrogen (secondary N) is 1. The van der Waals surface area contributed by atoms with Crippen LogP contribution in [0.1, 0.15) is 64.7 Å². The zero-order chi connectivity index (χ0) is 35.8. The molecule has 0 unspecified atom stereocenters. The molecule has 0 spiro atoms. The van der Waals surface area contributed by atoms with Crippen molar-refractivity contribution in [3.05, 3.63) is 89.5 Å². The van der Waals surface area contributed by atoms with E-state index in [-0.39, 0.29) is 16.4 Å². The molecule has 3 rings (SSSR count). The Labute approximate surface area is 278 Å². The molecule has 0 atom stereocenters. The lowest BCUT2D eigenvalue weighted by molar-refractivity contribution is 0.437. The second kappa shape index (κ2) is 19.6. The average molecular weight is 724 g/mol. The molecular formula is C32H44F3NO8S3. The van der Waals surface area contributed by atoms with E-state index in [1.54, 1.807) is 36.4 Å². The Bertz CT molecular complexity index is 1660. The molecule has 0 fully saturated rings. The highest BCUT2D eigenvalue weighted by molar-refractivity contribution is 7.86. The molecule has 0 bridgehead atoms. The predicted octanol–water partition coefficient (Wildman–Crippen LogP) is 7.44. The lowest BCUT2D eigenvalue weighted by Crippen LogP contribution is -2.18. The van der Waals surface area contributed by atoms with Gasteiger partial charge in [-0.3, -0.25) is 0 Å². The fourth-order valence-electron chi connectivity index (χ4n) is 3.82. The fraction of sp³-hybridized carbons (Fsp3) is 0.438. The maximum Gasteiger partial charge on any atom is 0.488 e. The first-order valence-electron chi connectivity index (χ1n) is 14.8. The molecule has 15 heteroatoms. The molecule has 0 saturated heterocycles. The van der Waals surface area contributed by atoms with Crippen LogP contribution in [0.15, 0.2) is 77.7 Å². The first-order chi connectivity index (χ1) is 21.6. The van der Waals surface area contributed by atoms with Crippen LogP contribution in [-0.4, -0.2) is 31.8 Å². The zero-order valence-electron chi connectivity index (χ0n) is 27.3. The van der Waals surface area contributed by atoms with Crippen LogP contribution in [0.3, 0.4) is 0 Å². The molecule has 0 heterocycles. The minimum absolute atomic E-state index is 0.00389. The number of rotatable bonds is 14. The molecule has 0 aliphatic heterocycles. The van der Waals surface area contributed by atoms with Crippen LogP contribution >= 0.6 is 0 Å². The van der Waals surface area contributed by atoms with Crippen molar-refractivity contribution >= 4 is 31.2 Å². The molecule has 3 aromatic rings. The van der Waals surface area contributed by atoms with E-state index in [1.165, 1.54) is 36.4 Å². The Balaban J connectivity index is 0.000000353. The zero-order valence-corrected chi connectivity index (χ0v) is 29.8. The molecule has 3 aromatic carbocycles. The van der Waals surface area contributed by atoms with Crippen molar-refractivity contribution in [1.82, 2.24) is 5.32 Å². The van der Waals surface area contributed by atoms with E-state index in [0.29, 0.717) is 24.3 Å². The smallest absolute Gasteiger partial charge is 0.358 e. The van der Waals surface area contributed by atoms with Gasteiger partial charge in [-0.2, -0.15) is 25.3 Å². The summed E-state index contributed by atoms with van der Waals surface area (Å²) in [6.45, 7) is 14.2. The number of aryl methyl sites for hydroxylation is 1. The van der Waals surface area contributed by atoms with Gasteiger partial charge in [-0.15, -0.1) is 3.89 Å². The van der Waals surface area contributed by atoms with Gasteiger partial charge in [-0.1, -0.05) is 85.7 Å². The summed E-state index contributed by atoms with van der Waals surface area (Å²) in [5.74, 6) is 1.68. The third kappa shape index (κ3) is 21.4. The van der Waals surface area contributed by atoms with Crippen LogP contribution in [0.2, 0.25) is 0 Å². The summed E-state index contributed by atoms with van der Waals surface area (Å²) in [5, 5.41) is 3.22. The molecule has 0 radical (unpaired) electrons. The van der Waals surface area contributed by atoms with E-state index in [1.807, 2.05) is 0 Å². The van der Waals surface area contributed by atoms with E-state index in [2.05, 4.69) is 55.2 Å². The van der Waals surface area contributed by atoms with Crippen molar-refractivity contribution in [2.24, 2.45) is 17.8 Å². The van der Waals surface area contributed by atoms with Gasteiger partial charge in [0.15, 0.2) is 0 Å². The highest BCUT2D eigenvalue weighted by Gasteiger charge is 2.11. The quantitative estimate of drug-likeness (QED) is 0.169. The maximum atomic E-state index is 12.6. The van der Waals surface area contributed by atoms with Crippen LogP contribution < -0.4 is 13.7 Å². The SMILES string of the molecule is CC(C)CCc1ccc(OS(=O)(=O)F)cc1.CC(C)CNCc1ccc(S(=O)(=O)F)cc1.CC(C)Cc1ccc(OS(=O)(=O)F)cc1. The van der Waals surface area contributed by atoms with Crippen LogP contribution in [0.5, 0.6) is 11.5 Å². The predicted molar refractivity (Wildman–Crippen MR) is 177 cm³/mol. The highest BCUT2D eigenvalue weighted by atomic mass is 32.3. The second-order valence-corrected chi connectivity index (χ2v) is 15.1. The van der Waals surface area contributed by atoms with Gasteiger partial charge in [0.25, 0.3) is 0 Å². The van der Waals surface area contributed by atoms with Gasteiger partial charge in [0.1, 0.15) is 11.5 Å². The van der Waals surface area contributed by atoms with Crippen molar-refractivity contribution in [1.29, 1.82) is 0 Å². The summed E-state index contributed by atoms with van der Waals surface area (Å²) in [6, 6.07) is 18.5. The van der Waals surface area contributed by atoms with E-state index in [4.69, 9.17) is 0 Å². The van der Waals surface area contributed by atoms with E-state index >= 15 is 0 Å². The van der Waals surface area contributed by atoms with E-state index in [9.17, 15) is 36.9 Å². The van der Waals surface area contributed by atoms with Crippen LogP contribution in [-0.2, 0) is 50.6 Å². The lowest BCUT2D eigenvalue weighted by Gasteiger charge is -2.07. The molecule has 0 aliphatic rings. The standard InChI is InChI=1S/C11H16FNO2S.C11H15FO3S.C10H13FO3S/c1-9(2)7-13-8-10-3-5-11(6-4-10)16(12,14)15;1-9(2)3-4-10-5-7-11(8-6-10)15-16(12,13)14;1-8(2)7-9-3-5-10(6-4-9)14-15(11,12)13/h3-6,9,13H,7-8H2,1-2H3;5-9H,3-4H2,1-2H3;3-6,8H,7H2,1-2H3. The normalized spacial score (nSPS) is 11.8. The Morgan fingerprint density at radius 1 is 0.574 bits per heavy atom. The fourth-order valence-corrected chi connectivity index (χ4v) is 4.97. The van der Waals surface area contributed by atoms with Gasteiger partial charge in [0.2, 0.25) is 0 Å². The largest absolute Gasteiger partial charge is 0.488 e. The van der Waals surface area contributed by atoms with Crippen LogP contribution in [0, 0.1) is 17.8 Å². The molecular weight excluding hydrogens is 680 g/mol. The maximum absolute atomic E-state index is 12.6. The van der Waals surface area contributed by atoms with Gasteiger partial charge in [0.05, 0.1) is 4.90 Å². The third-order valence-corrected chi connectivity index (χ3v) is 7.60. The summed E-state index contributed by atoms with van der Waals surface area (Å²) in [5.41, 5.74) is 3.08. The first kappa shape index (κ1) is 41.9. The molecule has 0 aliphatic carbocycles. The molecule has 9 nitrogen and oxygen atoms in total. The van der Waals surface area contributed by atoms with Gasteiger partial charge >= 0.3 is 31.2 Å². The topological polar surface area (TPSA) is 133 Å². The molecule has 1 N–H and O–H groups in total. The van der Waals surface area contributed by atoms with Gasteiger partial charge < -0.3 is 13.7 Å². The molecule has 0 aromatic heterocycles. The average Bonchev–Trinajstić information content (AvgIpc) is 2.92. The number of hydrogen-bond donors (Lipinski definition) is 1. The summed E-state index contributed by atoms with van der Waals surface area (Å²) < 4.78 is 107. The monoisotopic (exact) mass is 723 g/mol. The number of benzene rings is 3. The molecule has 0 saturated carbocycles. The van der Waals surface area contributed by atoms with Crippen molar-refractivity contribution in [3.8, 4) is 11.5 Å². The Morgan fingerprint density at radius 2 is 1.00 bits per heavy atom. The van der Waals surface area contributed by atoms with Crippen LogP contribution in [0.4, 0.5) is 11.7 Å². The Morgan fingerprint density at radius 3 is 1.36 bits per heavy atom.